The van der Waals surface area contributed by atoms with Crippen molar-refractivity contribution in [3.05, 3.63) is 98.6 Å². The average molecular weight is 775 g/mol. The van der Waals surface area contributed by atoms with E-state index in [9.17, 15) is 29.3 Å². The zero-order valence-corrected chi connectivity index (χ0v) is 28.5. The Morgan fingerprint density at radius 2 is 1.81 bits per heavy atom. The standard InChI is InChI=1S/C35H36FIN2O9/c1-45-27-8-4-6-22-17-30(48-32(22)27)35(44)39(11-9-20-5-3-7-24(36)13-20)26-16-23(34(43)38-10-12-40)18-28(31(26)42)47-33-25(37)14-21(19-41)15-29(33)46-2/h3-8,13-15,17-18,26,28,31,40-42H,9-12,16,19H2,1-2H3,(H,38,43)/t26-,28+,31+/m1/s1. The quantitative estimate of drug-likeness (QED) is 0.148. The minimum atomic E-state index is -1.35. The predicted octanol–water partition coefficient (Wildman–Crippen LogP) is 3.99. The van der Waals surface area contributed by atoms with Crippen LogP contribution >= 0.6 is 22.6 Å². The lowest BCUT2D eigenvalue weighted by molar-refractivity contribution is -0.118. The first-order valence-corrected chi connectivity index (χ1v) is 16.3. The van der Waals surface area contributed by atoms with Crippen LogP contribution in [0.5, 0.6) is 17.2 Å². The molecule has 3 aromatic carbocycles. The third kappa shape index (κ3) is 7.75. The van der Waals surface area contributed by atoms with E-state index in [2.05, 4.69) is 5.32 Å². The Morgan fingerprint density at radius 1 is 1.04 bits per heavy atom. The van der Waals surface area contributed by atoms with Crippen LogP contribution in [0.15, 0.2) is 76.7 Å². The molecule has 0 bridgehead atoms. The van der Waals surface area contributed by atoms with E-state index in [0.29, 0.717) is 37.2 Å². The molecule has 4 N–H and O–H groups in total. The third-order valence-corrected chi connectivity index (χ3v) is 8.87. The van der Waals surface area contributed by atoms with Crippen LogP contribution in [0.2, 0.25) is 0 Å². The number of aliphatic hydroxyl groups excluding tert-OH is 3. The van der Waals surface area contributed by atoms with Gasteiger partial charge in [-0.05, 0) is 82.6 Å². The molecule has 48 heavy (non-hydrogen) atoms. The summed E-state index contributed by atoms with van der Waals surface area (Å²) in [6, 6.07) is 15.1. The van der Waals surface area contributed by atoms with Crippen LogP contribution in [0.1, 0.15) is 28.1 Å². The molecule has 13 heteroatoms. The molecule has 2 amide bonds. The third-order valence-electron chi connectivity index (χ3n) is 8.07. The van der Waals surface area contributed by atoms with Gasteiger partial charge in [-0.2, -0.15) is 0 Å². The van der Waals surface area contributed by atoms with Crippen molar-refractivity contribution in [3.8, 4) is 17.2 Å². The van der Waals surface area contributed by atoms with Gasteiger partial charge in [0.15, 0.2) is 28.6 Å². The minimum absolute atomic E-state index is 0.00764. The van der Waals surface area contributed by atoms with Crippen LogP contribution in [0.25, 0.3) is 11.0 Å². The van der Waals surface area contributed by atoms with Gasteiger partial charge in [0, 0.05) is 30.5 Å². The highest BCUT2D eigenvalue weighted by molar-refractivity contribution is 14.1. The number of aliphatic hydroxyl groups is 3. The number of methoxy groups -OCH3 is 2. The molecule has 11 nitrogen and oxygen atoms in total. The van der Waals surface area contributed by atoms with Gasteiger partial charge in [-0.3, -0.25) is 9.59 Å². The molecular weight excluding hydrogens is 738 g/mol. The van der Waals surface area contributed by atoms with Crippen molar-refractivity contribution in [2.24, 2.45) is 0 Å². The van der Waals surface area contributed by atoms with Crippen molar-refractivity contribution in [1.29, 1.82) is 0 Å². The van der Waals surface area contributed by atoms with E-state index in [1.54, 1.807) is 48.5 Å². The Balaban J connectivity index is 1.56. The molecule has 0 saturated carbocycles. The lowest BCUT2D eigenvalue weighted by Gasteiger charge is -2.40. The van der Waals surface area contributed by atoms with Crippen molar-refractivity contribution >= 4 is 45.4 Å². The first-order chi connectivity index (χ1) is 23.2. The molecule has 3 atom stereocenters. The van der Waals surface area contributed by atoms with Crippen molar-refractivity contribution in [2.75, 3.05) is 33.9 Å². The fraction of sp³-hybridized carbons (Fsp3) is 0.314. The van der Waals surface area contributed by atoms with E-state index in [1.807, 2.05) is 22.6 Å². The maximum Gasteiger partial charge on any atom is 0.289 e. The zero-order valence-electron chi connectivity index (χ0n) is 26.3. The summed E-state index contributed by atoms with van der Waals surface area (Å²) in [6.07, 6.45) is -0.834. The van der Waals surface area contributed by atoms with E-state index in [0.717, 1.165) is 0 Å². The molecule has 1 aliphatic carbocycles. The van der Waals surface area contributed by atoms with Gasteiger partial charge in [-0.1, -0.05) is 24.3 Å². The number of carbonyl (C=O) groups is 2. The molecule has 0 saturated heterocycles. The van der Waals surface area contributed by atoms with Gasteiger partial charge < -0.3 is 44.2 Å². The molecule has 0 aliphatic heterocycles. The number of rotatable bonds is 13. The maximum atomic E-state index is 14.4. The zero-order chi connectivity index (χ0) is 34.4. The van der Waals surface area contributed by atoms with Gasteiger partial charge in [-0.15, -0.1) is 0 Å². The van der Waals surface area contributed by atoms with E-state index in [-0.39, 0.29) is 56.2 Å². The van der Waals surface area contributed by atoms with Crippen LogP contribution in [-0.2, 0) is 17.8 Å². The first-order valence-electron chi connectivity index (χ1n) is 15.2. The van der Waals surface area contributed by atoms with E-state index in [4.69, 9.17) is 18.6 Å². The number of nitrogens with one attached hydrogen (secondary N) is 1. The lowest BCUT2D eigenvalue weighted by atomic mass is 9.87. The number of hydrogen-bond donors (Lipinski definition) is 4. The average Bonchev–Trinajstić information content (AvgIpc) is 3.54. The van der Waals surface area contributed by atoms with Gasteiger partial charge in [-0.25, -0.2) is 4.39 Å². The van der Waals surface area contributed by atoms with Crippen LogP contribution in [0.4, 0.5) is 4.39 Å². The number of para-hydroxylation sites is 1. The summed E-state index contributed by atoms with van der Waals surface area (Å²) < 4.78 is 38.0. The predicted molar refractivity (Wildman–Crippen MR) is 183 cm³/mol. The SMILES string of the molecule is COc1cc(CO)cc(I)c1O[C@H]1C=C(C(=O)NCCO)C[C@@H](N(CCc2cccc(F)c2)C(=O)c2cc3cccc(OC)c3o2)[C@@H]1O. The van der Waals surface area contributed by atoms with Crippen LogP contribution in [0.3, 0.4) is 0 Å². The number of fused-ring (bicyclic) bond motifs is 1. The van der Waals surface area contributed by atoms with Crippen LogP contribution in [0, 0.1) is 9.39 Å². The van der Waals surface area contributed by atoms with Gasteiger partial charge in [0.2, 0.25) is 5.91 Å². The molecule has 1 aliphatic rings. The molecule has 1 heterocycles. The molecule has 0 spiro atoms. The number of benzene rings is 3. The summed E-state index contributed by atoms with van der Waals surface area (Å²) in [6.45, 7) is -0.494. The Morgan fingerprint density at radius 3 is 2.52 bits per heavy atom. The molecule has 4 aromatic rings. The number of halogens is 2. The molecule has 1 aromatic heterocycles. The lowest BCUT2D eigenvalue weighted by Crippen LogP contribution is -2.55. The van der Waals surface area contributed by atoms with Crippen LogP contribution in [-0.4, -0.2) is 84.2 Å². The number of carbonyl (C=O) groups excluding carboxylic acids is 2. The summed E-state index contributed by atoms with van der Waals surface area (Å²) in [7, 11) is 2.93. The molecule has 5 rings (SSSR count). The summed E-state index contributed by atoms with van der Waals surface area (Å²) in [5, 5.41) is 34.2. The highest BCUT2D eigenvalue weighted by Gasteiger charge is 2.42. The van der Waals surface area contributed by atoms with Gasteiger partial charge in [0.25, 0.3) is 5.91 Å². The van der Waals surface area contributed by atoms with Gasteiger partial charge in [0.05, 0.1) is 37.0 Å². The number of furan rings is 1. The molecule has 0 unspecified atom stereocenters. The Labute approximate surface area is 290 Å². The van der Waals surface area contributed by atoms with Crippen molar-refractivity contribution in [1.82, 2.24) is 10.2 Å². The number of nitrogens with zero attached hydrogens (tertiary/aromatic N) is 1. The highest BCUT2D eigenvalue weighted by Crippen LogP contribution is 2.38. The Hall–Kier alpha value is -4.18. The van der Waals surface area contributed by atoms with E-state index in [1.165, 1.54) is 37.3 Å². The molecule has 254 valence electrons. The summed E-state index contributed by atoms with van der Waals surface area (Å²) in [4.78, 5) is 29.1. The normalized spacial score (nSPS) is 17.5. The Bertz CT molecular complexity index is 1810. The van der Waals surface area contributed by atoms with Gasteiger partial charge >= 0.3 is 0 Å². The maximum absolute atomic E-state index is 14.4. The van der Waals surface area contributed by atoms with Gasteiger partial charge in [0.1, 0.15) is 18.0 Å². The second kappa shape index (κ2) is 15.8. The highest BCUT2D eigenvalue weighted by atomic mass is 127. The topological polar surface area (TPSA) is 151 Å². The largest absolute Gasteiger partial charge is 0.493 e. The van der Waals surface area contributed by atoms with E-state index >= 15 is 0 Å². The second-order valence-electron chi connectivity index (χ2n) is 11.2. The first kappa shape index (κ1) is 35.1. The van der Waals surface area contributed by atoms with Crippen molar-refractivity contribution < 1.29 is 47.9 Å². The summed E-state index contributed by atoms with van der Waals surface area (Å²) in [5.74, 6) is -0.506. The van der Waals surface area contributed by atoms with Crippen molar-refractivity contribution in [2.45, 2.75) is 37.7 Å². The summed E-state index contributed by atoms with van der Waals surface area (Å²) >= 11 is 2.03. The monoisotopic (exact) mass is 774 g/mol. The molecule has 0 radical (unpaired) electrons. The van der Waals surface area contributed by atoms with Crippen molar-refractivity contribution in [3.63, 3.8) is 0 Å². The fourth-order valence-electron chi connectivity index (χ4n) is 5.70. The number of hydrogen-bond acceptors (Lipinski definition) is 9. The molecular formula is C35H36FIN2O9. The fourth-order valence-corrected chi connectivity index (χ4v) is 6.49. The van der Waals surface area contributed by atoms with E-state index < -0.39 is 35.9 Å². The Kier molecular flexibility index (Phi) is 11.6. The molecule has 0 fully saturated rings. The smallest absolute Gasteiger partial charge is 0.289 e. The second-order valence-corrected chi connectivity index (χ2v) is 12.3. The number of amides is 2. The summed E-state index contributed by atoms with van der Waals surface area (Å²) in [5.41, 5.74) is 1.80. The number of ether oxygens (including phenoxy) is 3. The minimum Gasteiger partial charge on any atom is -0.493 e. The van der Waals surface area contributed by atoms with Crippen LogP contribution < -0.4 is 19.5 Å².